The zero-order valence-electron chi connectivity index (χ0n) is 9.77. The Hall–Kier alpha value is -0.960. The van der Waals surface area contributed by atoms with Crippen molar-refractivity contribution in [3.05, 3.63) is 29.8 Å². The van der Waals surface area contributed by atoms with Crippen molar-refractivity contribution in [3.8, 4) is 0 Å². The van der Waals surface area contributed by atoms with E-state index in [1.54, 1.807) is 11.8 Å². The van der Waals surface area contributed by atoms with E-state index < -0.39 is 5.97 Å². The predicted octanol–water partition coefficient (Wildman–Crippen LogP) is 3.77. The van der Waals surface area contributed by atoms with Gasteiger partial charge in [0.1, 0.15) is 0 Å². The minimum absolute atomic E-state index is 0.220. The molecule has 1 rings (SSSR count). The molecule has 0 aliphatic rings. The fourth-order valence-electron chi connectivity index (χ4n) is 1.38. The number of carboxylic acid groups (broad SMARTS) is 1. The van der Waals surface area contributed by atoms with Gasteiger partial charge in [-0.05, 0) is 30.0 Å². The topological polar surface area (TPSA) is 37.3 Å². The monoisotopic (exact) mass is 238 g/mol. The van der Waals surface area contributed by atoms with E-state index in [-0.39, 0.29) is 6.42 Å². The van der Waals surface area contributed by atoms with Gasteiger partial charge in [-0.1, -0.05) is 26.0 Å². The maximum Gasteiger partial charge on any atom is 0.304 e. The first-order valence-corrected chi connectivity index (χ1v) is 6.56. The summed E-state index contributed by atoms with van der Waals surface area (Å²) in [7, 11) is 0. The van der Waals surface area contributed by atoms with E-state index in [1.807, 2.05) is 0 Å². The van der Waals surface area contributed by atoms with Gasteiger partial charge >= 0.3 is 5.97 Å². The average molecular weight is 238 g/mol. The maximum atomic E-state index is 10.4. The highest BCUT2D eigenvalue weighted by Crippen LogP contribution is 2.23. The molecule has 0 heterocycles. The summed E-state index contributed by atoms with van der Waals surface area (Å²) in [6.45, 7) is 4.40. The van der Waals surface area contributed by atoms with Crippen LogP contribution in [0.4, 0.5) is 0 Å². The summed E-state index contributed by atoms with van der Waals surface area (Å²) in [6.07, 6.45) is 1.36. The lowest BCUT2D eigenvalue weighted by molar-refractivity contribution is -0.136. The number of hydrogen-bond acceptors (Lipinski definition) is 2. The van der Waals surface area contributed by atoms with E-state index in [2.05, 4.69) is 38.1 Å². The van der Waals surface area contributed by atoms with Gasteiger partial charge in [-0.15, -0.1) is 11.8 Å². The van der Waals surface area contributed by atoms with Crippen molar-refractivity contribution in [2.45, 2.75) is 37.5 Å². The van der Waals surface area contributed by atoms with Crippen LogP contribution in [0.25, 0.3) is 0 Å². The first kappa shape index (κ1) is 13.1. The summed E-state index contributed by atoms with van der Waals surface area (Å²) in [5.74, 6) is 0.500. The molecule has 1 unspecified atom stereocenters. The molecule has 0 bridgehead atoms. The third-order valence-corrected chi connectivity index (χ3v) is 3.66. The number of rotatable bonds is 6. The lowest BCUT2D eigenvalue weighted by Crippen LogP contribution is -1.95. The van der Waals surface area contributed by atoms with Gasteiger partial charge in [0.05, 0.1) is 6.42 Å². The van der Waals surface area contributed by atoms with Crippen molar-refractivity contribution in [1.29, 1.82) is 0 Å². The highest BCUT2D eigenvalue weighted by Gasteiger charge is 2.03. The van der Waals surface area contributed by atoms with Crippen molar-refractivity contribution in [2.75, 3.05) is 5.75 Å². The van der Waals surface area contributed by atoms with Crippen LogP contribution in [-0.2, 0) is 4.79 Å². The lowest BCUT2D eigenvalue weighted by atomic mass is 9.99. The van der Waals surface area contributed by atoms with Crippen molar-refractivity contribution < 1.29 is 9.90 Å². The normalized spacial score (nSPS) is 12.4. The molecular formula is C13H18O2S. The largest absolute Gasteiger partial charge is 0.481 e. The molecule has 2 nitrogen and oxygen atoms in total. The van der Waals surface area contributed by atoms with Gasteiger partial charge in [-0.25, -0.2) is 0 Å². The first-order valence-electron chi connectivity index (χ1n) is 5.58. The summed E-state index contributed by atoms with van der Waals surface area (Å²) < 4.78 is 0. The van der Waals surface area contributed by atoms with E-state index in [9.17, 15) is 4.79 Å². The second-order valence-corrected chi connectivity index (χ2v) is 5.04. The Labute approximate surface area is 101 Å². The van der Waals surface area contributed by atoms with Crippen LogP contribution >= 0.6 is 11.8 Å². The Kier molecular flexibility index (Phi) is 5.39. The number of hydrogen-bond donors (Lipinski definition) is 1. The Morgan fingerprint density at radius 2 is 2.00 bits per heavy atom. The molecule has 0 aliphatic heterocycles. The minimum Gasteiger partial charge on any atom is -0.481 e. The smallest absolute Gasteiger partial charge is 0.304 e. The molecule has 0 radical (unpaired) electrons. The third kappa shape index (κ3) is 4.27. The van der Waals surface area contributed by atoms with Gasteiger partial charge in [-0.3, -0.25) is 4.79 Å². The van der Waals surface area contributed by atoms with Gasteiger partial charge < -0.3 is 5.11 Å². The SMILES string of the molecule is CCC(C)c1ccc(SCCC(=O)O)cc1. The Morgan fingerprint density at radius 3 is 2.50 bits per heavy atom. The quantitative estimate of drug-likeness (QED) is 0.767. The highest BCUT2D eigenvalue weighted by molar-refractivity contribution is 7.99. The zero-order valence-corrected chi connectivity index (χ0v) is 10.6. The first-order chi connectivity index (χ1) is 7.63. The fraction of sp³-hybridized carbons (Fsp3) is 0.462. The van der Waals surface area contributed by atoms with Gasteiger partial charge in [0.2, 0.25) is 0 Å². The van der Waals surface area contributed by atoms with Crippen LogP contribution < -0.4 is 0 Å². The van der Waals surface area contributed by atoms with E-state index in [0.29, 0.717) is 11.7 Å². The molecule has 0 aliphatic carbocycles. The van der Waals surface area contributed by atoms with Gasteiger partial charge in [-0.2, -0.15) is 0 Å². The summed E-state index contributed by atoms with van der Waals surface area (Å²) in [4.78, 5) is 11.5. The molecule has 0 fully saturated rings. The maximum absolute atomic E-state index is 10.4. The van der Waals surface area contributed by atoms with Gasteiger partial charge in [0, 0.05) is 10.6 Å². The molecule has 0 saturated carbocycles. The summed E-state index contributed by atoms with van der Waals surface area (Å²) >= 11 is 1.60. The van der Waals surface area contributed by atoms with E-state index in [1.165, 1.54) is 5.56 Å². The van der Waals surface area contributed by atoms with Crippen LogP contribution in [0, 0.1) is 0 Å². The molecule has 1 aromatic carbocycles. The molecule has 16 heavy (non-hydrogen) atoms. The van der Waals surface area contributed by atoms with Crippen LogP contribution in [0.15, 0.2) is 29.2 Å². The molecule has 0 saturated heterocycles. The number of benzene rings is 1. The summed E-state index contributed by atoms with van der Waals surface area (Å²) in [6, 6.07) is 8.43. The molecule has 0 aromatic heterocycles. The van der Waals surface area contributed by atoms with Crippen molar-refractivity contribution in [3.63, 3.8) is 0 Å². The van der Waals surface area contributed by atoms with Crippen molar-refractivity contribution >= 4 is 17.7 Å². The molecule has 1 N–H and O–H groups in total. The second-order valence-electron chi connectivity index (χ2n) is 3.87. The van der Waals surface area contributed by atoms with Crippen LogP contribution in [0.1, 0.15) is 38.2 Å². The Bertz CT molecular complexity index is 332. The number of carbonyl (C=O) groups is 1. The molecule has 1 atom stereocenters. The molecular weight excluding hydrogens is 220 g/mol. The number of thioether (sulfide) groups is 1. The fourth-order valence-corrected chi connectivity index (χ4v) is 2.23. The Balaban J connectivity index is 2.48. The Morgan fingerprint density at radius 1 is 1.38 bits per heavy atom. The highest BCUT2D eigenvalue weighted by atomic mass is 32.2. The molecule has 0 amide bonds. The van der Waals surface area contributed by atoms with Crippen LogP contribution in [0.3, 0.4) is 0 Å². The second kappa shape index (κ2) is 6.59. The van der Waals surface area contributed by atoms with E-state index >= 15 is 0 Å². The third-order valence-electron chi connectivity index (χ3n) is 2.65. The van der Waals surface area contributed by atoms with Crippen molar-refractivity contribution in [2.24, 2.45) is 0 Å². The van der Waals surface area contributed by atoms with Gasteiger partial charge in [0.25, 0.3) is 0 Å². The zero-order chi connectivity index (χ0) is 12.0. The molecule has 0 spiro atoms. The van der Waals surface area contributed by atoms with Crippen LogP contribution in [-0.4, -0.2) is 16.8 Å². The summed E-state index contributed by atoms with van der Waals surface area (Å²) in [5.41, 5.74) is 1.35. The van der Waals surface area contributed by atoms with Crippen LogP contribution in [0.2, 0.25) is 0 Å². The average Bonchev–Trinajstić information content (AvgIpc) is 2.28. The predicted molar refractivity (Wildman–Crippen MR) is 68.1 cm³/mol. The molecule has 1 aromatic rings. The van der Waals surface area contributed by atoms with Gasteiger partial charge in [0.15, 0.2) is 0 Å². The van der Waals surface area contributed by atoms with Crippen LogP contribution in [0.5, 0.6) is 0 Å². The number of aliphatic carboxylic acids is 1. The lowest BCUT2D eigenvalue weighted by Gasteiger charge is -2.09. The minimum atomic E-state index is -0.733. The standard InChI is InChI=1S/C13H18O2S/c1-3-10(2)11-4-6-12(7-5-11)16-9-8-13(14)15/h4-7,10H,3,8-9H2,1-2H3,(H,14,15). The molecule has 3 heteroatoms. The van der Waals surface area contributed by atoms with E-state index in [4.69, 9.17) is 5.11 Å². The number of carboxylic acids is 1. The molecule has 88 valence electrons. The van der Waals surface area contributed by atoms with Crippen molar-refractivity contribution in [1.82, 2.24) is 0 Å². The summed E-state index contributed by atoms with van der Waals surface area (Å²) in [5, 5.41) is 8.53. The van der Waals surface area contributed by atoms with E-state index in [0.717, 1.165) is 11.3 Å².